The predicted octanol–water partition coefficient (Wildman–Crippen LogP) is 6.03. The van der Waals surface area contributed by atoms with E-state index in [0.29, 0.717) is 6.61 Å². The van der Waals surface area contributed by atoms with Gasteiger partial charge in [0.05, 0.1) is 14.7 Å². The van der Waals surface area contributed by atoms with E-state index in [-0.39, 0.29) is 23.7 Å². The Morgan fingerprint density at radius 2 is 1.25 bits per heavy atom. The fourth-order valence-corrected chi connectivity index (χ4v) is 4.39. The van der Waals surface area contributed by atoms with Crippen LogP contribution in [-0.4, -0.2) is 71.7 Å². The van der Waals surface area contributed by atoms with E-state index in [1.807, 2.05) is 77.2 Å². The van der Waals surface area contributed by atoms with Crippen molar-refractivity contribution in [3.63, 3.8) is 0 Å². The molecule has 0 heterocycles. The first kappa shape index (κ1) is 44.9. The molecular formula is C34H59N3O6Si. The fourth-order valence-electron chi connectivity index (χ4n) is 3.21. The highest BCUT2D eigenvalue weighted by atomic mass is 28.3. The number of hydrogen-bond acceptors (Lipinski definition) is 6. The van der Waals surface area contributed by atoms with Crippen molar-refractivity contribution in [2.24, 2.45) is 0 Å². The largest absolute Gasteiger partial charge is 0.466 e. The average molecular weight is 634 g/mol. The molecule has 1 N–H and O–H groups in total. The molecule has 0 aromatic heterocycles. The Morgan fingerprint density at radius 3 is 1.52 bits per heavy atom. The van der Waals surface area contributed by atoms with Crippen LogP contribution in [0.1, 0.15) is 62.3 Å². The van der Waals surface area contributed by atoms with Crippen molar-refractivity contribution < 1.29 is 28.7 Å². The Labute approximate surface area is 268 Å². The lowest BCUT2D eigenvalue weighted by Crippen LogP contribution is -2.38. The second-order valence-electron chi connectivity index (χ2n) is 10.3. The predicted molar refractivity (Wildman–Crippen MR) is 187 cm³/mol. The lowest BCUT2D eigenvalue weighted by Gasteiger charge is -2.21. The van der Waals surface area contributed by atoms with Crippen molar-refractivity contribution in [2.45, 2.75) is 82.0 Å². The van der Waals surface area contributed by atoms with Crippen LogP contribution in [0.2, 0.25) is 19.6 Å². The van der Waals surface area contributed by atoms with Crippen LogP contribution in [0.4, 0.5) is 11.4 Å². The maximum Gasteiger partial charge on any atom is 0.302 e. The number of anilines is 2. The molecule has 2 aromatic rings. The van der Waals surface area contributed by atoms with Gasteiger partial charge < -0.3 is 24.6 Å². The zero-order valence-corrected chi connectivity index (χ0v) is 30.6. The minimum atomic E-state index is -1.28. The molecule has 44 heavy (non-hydrogen) atoms. The molecule has 0 radical (unpaired) electrons. The van der Waals surface area contributed by atoms with Gasteiger partial charge in [-0.05, 0) is 58.9 Å². The van der Waals surface area contributed by atoms with Crippen molar-refractivity contribution >= 4 is 48.3 Å². The van der Waals surface area contributed by atoms with Crippen LogP contribution in [-0.2, 0) is 28.7 Å². The van der Waals surface area contributed by atoms with Gasteiger partial charge in [-0.25, -0.2) is 0 Å². The summed E-state index contributed by atoms with van der Waals surface area (Å²) in [5, 5.41) is 3.95. The van der Waals surface area contributed by atoms with Crippen molar-refractivity contribution in [3.8, 4) is 0 Å². The van der Waals surface area contributed by atoms with Gasteiger partial charge in [0.1, 0.15) is 0 Å². The molecule has 0 spiro atoms. The van der Waals surface area contributed by atoms with Crippen LogP contribution < -0.4 is 20.3 Å². The van der Waals surface area contributed by atoms with E-state index in [4.69, 9.17) is 4.74 Å². The number of nitrogens with one attached hydrogen (secondary N) is 1. The molecule has 10 heteroatoms. The zero-order valence-electron chi connectivity index (χ0n) is 29.6. The summed E-state index contributed by atoms with van der Waals surface area (Å²) < 4.78 is 9.24. The number of para-hydroxylation sites is 1. The van der Waals surface area contributed by atoms with Gasteiger partial charge in [0.25, 0.3) is 0 Å². The lowest BCUT2D eigenvalue weighted by molar-refractivity contribution is -0.140. The smallest absolute Gasteiger partial charge is 0.302 e. The van der Waals surface area contributed by atoms with Crippen LogP contribution in [0.15, 0.2) is 54.6 Å². The summed E-state index contributed by atoms with van der Waals surface area (Å²) in [6.45, 7) is 26.2. The molecule has 0 saturated carbocycles. The monoisotopic (exact) mass is 633 g/mol. The van der Waals surface area contributed by atoms with Crippen LogP contribution in [0.25, 0.3) is 0 Å². The number of carbonyl (C=O) groups is 4. The number of rotatable bonds is 8. The third-order valence-corrected chi connectivity index (χ3v) is 7.56. The van der Waals surface area contributed by atoms with Crippen LogP contribution in [0, 0.1) is 0 Å². The normalized spacial score (nSPS) is 9.48. The minimum Gasteiger partial charge on any atom is -0.466 e. The van der Waals surface area contributed by atoms with E-state index >= 15 is 0 Å². The van der Waals surface area contributed by atoms with Crippen LogP contribution in [0.3, 0.4) is 0 Å². The molecule has 9 nitrogen and oxygen atoms in total. The van der Waals surface area contributed by atoms with E-state index in [2.05, 4.69) is 41.8 Å². The third kappa shape index (κ3) is 25.0. The summed E-state index contributed by atoms with van der Waals surface area (Å²) >= 11 is 0. The molecule has 0 bridgehead atoms. The van der Waals surface area contributed by atoms with Crippen molar-refractivity contribution in [3.05, 3.63) is 54.6 Å². The molecule has 2 rings (SSSR count). The molecule has 0 saturated heterocycles. The van der Waals surface area contributed by atoms with E-state index in [9.17, 15) is 19.2 Å². The van der Waals surface area contributed by atoms with Gasteiger partial charge in [0, 0.05) is 72.4 Å². The first-order chi connectivity index (χ1) is 20.5. The van der Waals surface area contributed by atoms with Crippen molar-refractivity contribution in [1.29, 1.82) is 0 Å². The Bertz CT molecular complexity index is 1040. The van der Waals surface area contributed by atoms with E-state index in [1.54, 1.807) is 30.6 Å². The van der Waals surface area contributed by atoms with Gasteiger partial charge in [0.15, 0.2) is 0 Å². The Hall–Kier alpha value is -3.50. The van der Waals surface area contributed by atoms with Gasteiger partial charge in [0.2, 0.25) is 17.7 Å². The zero-order chi connectivity index (χ0) is 34.7. The Kier molecular flexibility index (Phi) is 27.6. The lowest BCUT2D eigenvalue weighted by atomic mass is 10.3. The quantitative estimate of drug-likeness (QED) is 0.281. The van der Waals surface area contributed by atoms with Crippen LogP contribution >= 0.6 is 0 Å². The molecule has 0 unspecified atom stereocenters. The topological polar surface area (TPSA) is 105 Å². The first-order valence-corrected chi connectivity index (χ1v) is 18.7. The maximum absolute atomic E-state index is 11.2. The molecule has 0 fully saturated rings. The standard InChI is InChI=1S/C12H19NOSi.C10H13NO.C4H9NO.C4H8O2.C4H10O/c1-10(14)13(2)11-7-6-8-12(9-11)15(3,4)5;1-3-11(9(2)12)10-7-5-4-6-8-10;1-3-5-4(2)6;1-3-6-4(2)5;1-3-5-4-2/h6-9H,1-5H3;4-8H,3H2,1-2H3;3H2,1-2H3,(H,5,6);3H2,1-2H3;3-4H2,1-2H3. The second kappa shape index (κ2) is 27.1. The molecular weight excluding hydrogens is 574 g/mol. The highest BCUT2D eigenvalue weighted by Crippen LogP contribution is 2.13. The SMILES string of the molecule is CC(=O)N(C)c1cccc([Si](C)(C)C)c1.CCN(C(C)=O)c1ccccc1.CCNC(C)=O.CCOC(C)=O.CCOCC. The highest BCUT2D eigenvalue weighted by Gasteiger charge is 2.17. The summed E-state index contributed by atoms with van der Waals surface area (Å²) in [4.78, 5) is 45.5. The van der Waals surface area contributed by atoms with Gasteiger partial charge in [-0.2, -0.15) is 0 Å². The number of benzene rings is 2. The van der Waals surface area contributed by atoms with Gasteiger partial charge in [-0.3, -0.25) is 19.2 Å². The van der Waals surface area contributed by atoms with E-state index in [0.717, 1.165) is 37.7 Å². The third-order valence-electron chi connectivity index (χ3n) is 5.52. The van der Waals surface area contributed by atoms with Gasteiger partial charge in [-0.15, -0.1) is 0 Å². The summed E-state index contributed by atoms with van der Waals surface area (Å²) in [6, 6.07) is 18.0. The first-order valence-electron chi connectivity index (χ1n) is 15.2. The molecule has 2 aromatic carbocycles. The molecule has 0 aliphatic rings. The number of nitrogens with zero attached hydrogens (tertiary/aromatic N) is 2. The van der Waals surface area contributed by atoms with E-state index in [1.165, 1.54) is 19.0 Å². The number of carbonyl (C=O) groups excluding carboxylic acids is 4. The molecule has 0 atom stereocenters. The molecule has 0 aliphatic carbocycles. The maximum atomic E-state index is 11.2. The number of ether oxygens (including phenoxy) is 2. The highest BCUT2D eigenvalue weighted by molar-refractivity contribution is 6.88. The minimum absolute atomic E-state index is 0.0394. The fraction of sp³-hybridized carbons (Fsp3) is 0.529. The second-order valence-corrected chi connectivity index (χ2v) is 15.3. The van der Waals surface area contributed by atoms with Crippen molar-refractivity contribution in [2.75, 3.05) is 49.8 Å². The van der Waals surface area contributed by atoms with E-state index < -0.39 is 8.07 Å². The molecule has 3 amide bonds. The summed E-state index contributed by atoms with van der Waals surface area (Å²) in [7, 11) is 0.528. The molecule has 0 aliphatic heterocycles. The van der Waals surface area contributed by atoms with Crippen LogP contribution in [0.5, 0.6) is 0 Å². The average Bonchev–Trinajstić information content (AvgIpc) is 2.95. The van der Waals surface area contributed by atoms with Crippen molar-refractivity contribution in [1.82, 2.24) is 5.32 Å². The number of hydrogen-bond donors (Lipinski definition) is 1. The summed E-state index contributed by atoms with van der Waals surface area (Å²) in [6.07, 6.45) is 0. The summed E-state index contributed by atoms with van der Waals surface area (Å²) in [5.41, 5.74) is 1.95. The van der Waals surface area contributed by atoms with Gasteiger partial charge >= 0.3 is 5.97 Å². The summed E-state index contributed by atoms with van der Waals surface area (Å²) in [5.74, 6) is -0.0126. The van der Waals surface area contributed by atoms with Gasteiger partial charge in [-0.1, -0.05) is 55.2 Å². The molecule has 250 valence electrons. The Morgan fingerprint density at radius 1 is 0.727 bits per heavy atom. The number of esters is 1. The number of amides is 3. The Balaban J connectivity index is -0.000000516.